The molecule has 3 heterocycles. The zero-order chi connectivity index (χ0) is 22.9. The zero-order valence-corrected chi connectivity index (χ0v) is 18.0. The van der Waals surface area contributed by atoms with E-state index in [0.29, 0.717) is 22.8 Å². The van der Waals surface area contributed by atoms with Crippen LogP contribution in [0.1, 0.15) is 11.1 Å². The Balaban J connectivity index is 1.56. The lowest BCUT2D eigenvalue weighted by atomic mass is 10.1. The number of imide groups is 2. The Morgan fingerprint density at radius 2 is 1.67 bits per heavy atom. The van der Waals surface area contributed by atoms with Crippen LogP contribution in [0.25, 0.3) is 17.0 Å². The Kier molecular flexibility index (Phi) is 5.24. The number of anilines is 1. The van der Waals surface area contributed by atoms with Crippen LogP contribution >= 0.6 is 11.6 Å². The van der Waals surface area contributed by atoms with Crippen molar-refractivity contribution in [3.8, 4) is 0 Å². The molecule has 2 aromatic heterocycles. The summed E-state index contributed by atoms with van der Waals surface area (Å²) in [5.74, 6) is -1.42. The van der Waals surface area contributed by atoms with Gasteiger partial charge in [0.1, 0.15) is 5.57 Å². The number of aromatic nitrogens is 2. The average molecular weight is 457 g/mol. The second-order valence-corrected chi connectivity index (χ2v) is 7.96. The molecule has 5 rings (SSSR count). The van der Waals surface area contributed by atoms with Gasteiger partial charge < -0.3 is 4.57 Å². The van der Waals surface area contributed by atoms with Crippen LogP contribution < -0.4 is 10.2 Å². The second kappa shape index (κ2) is 8.37. The summed E-state index contributed by atoms with van der Waals surface area (Å²) in [6, 6.07) is 17.6. The van der Waals surface area contributed by atoms with Crippen LogP contribution in [0.3, 0.4) is 0 Å². The molecule has 2 aromatic carbocycles. The highest BCUT2D eigenvalue weighted by atomic mass is 35.5. The first-order chi connectivity index (χ1) is 16.0. The van der Waals surface area contributed by atoms with Crippen LogP contribution in [0.2, 0.25) is 5.02 Å². The van der Waals surface area contributed by atoms with Crippen molar-refractivity contribution >= 4 is 52.1 Å². The summed E-state index contributed by atoms with van der Waals surface area (Å²) in [6.07, 6.45) is 6.36. The van der Waals surface area contributed by atoms with Crippen molar-refractivity contribution in [3.05, 3.63) is 101 Å². The van der Waals surface area contributed by atoms with Crippen molar-refractivity contribution in [1.29, 1.82) is 0 Å². The number of nitrogens with one attached hydrogen (secondary N) is 1. The molecule has 4 amide bonds. The van der Waals surface area contributed by atoms with E-state index in [1.165, 1.54) is 30.6 Å². The molecule has 0 spiro atoms. The largest absolute Gasteiger partial charge is 0.342 e. The van der Waals surface area contributed by atoms with Gasteiger partial charge in [-0.05, 0) is 42.0 Å². The van der Waals surface area contributed by atoms with Crippen molar-refractivity contribution in [1.82, 2.24) is 14.9 Å². The first-order valence-electron chi connectivity index (χ1n) is 10.1. The van der Waals surface area contributed by atoms with Crippen LogP contribution in [0.15, 0.2) is 84.8 Å². The lowest BCUT2D eigenvalue weighted by Crippen LogP contribution is -2.54. The molecule has 4 aromatic rings. The van der Waals surface area contributed by atoms with Gasteiger partial charge in [-0.3, -0.25) is 19.9 Å². The minimum Gasteiger partial charge on any atom is -0.342 e. The number of halogens is 1. The molecule has 0 unspecified atom stereocenters. The maximum Gasteiger partial charge on any atom is 0.335 e. The maximum absolute atomic E-state index is 13.2. The minimum atomic E-state index is -0.793. The summed E-state index contributed by atoms with van der Waals surface area (Å²) in [7, 11) is 0. The Bertz CT molecular complexity index is 1430. The Morgan fingerprint density at radius 1 is 0.939 bits per heavy atom. The number of rotatable bonds is 4. The van der Waals surface area contributed by atoms with Crippen molar-refractivity contribution < 1.29 is 14.4 Å². The summed E-state index contributed by atoms with van der Waals surface area (Å²) < 4.78 is 2.04. The predicted molar refractivity (Wildman–Crippen MR) is 126 cm³/mol. The first-order valence-corrected chi connectivity index (χ1v) is 10.5. The van der Waals surface area contributed by atoms with E-state index in [-0.39, 0.29) is 5.57 Å². The summed E-state index contributed by atoms with van der Waals surface area (Å²) in [5.41, 5.74) is 2.91. The number of urea groups is 1. The first kappa shape index (κ1) is 20.7. The number of hydrogen-bond donors (Lipinski definition) is 1. The highest BCUT2D eigenvalue weighted by molar-refractivity contribution is 6.39. The molecule has 8 heteroatoms. The van der Waals surface area contributed by atoms with Gasteiger partial charge in [-0.2, -0.15) is 0 Å². The van der Waals surface area contributed by atoms with E-state index < -0.39 is 17.8 Å². The molecule has 1 saturated heterocycles. The lowest BCUT2D eigenvalue weighted by Gasteiger charge is -2.26. The van der Waals surface area contributed by atoms with Gasteiger partial charge in [-0.25, -0.2) is 9.69 Å². The van der Waals surface area contributed by atoms with E-state index in [4.69, 9.17) is 11.6 Å². The maximum atomic E-state index is 13.2. The monoisotopic (exact) mass is 456 g/mol. The molecule has 0 atom stereocenters. The number of carbonyl (C=O) groups is 3. The number of para-hydroxylation sites is 1. The molecule has 33 heavy (non-hydrogen) atoms. The average Bonchev–Trinajstić information content (AvgIpc) is 3.16. The highest BCUT2D eigenvalue weighted by Crippen LogP contribution is 2.27. The van der Waals surface area contributed by atoms with Crippen LogP contribution in [0.4, 0.5) is 10.5 Å². The van der Waals surface area contributed by atoms with Gasteiger partial charge in [-0.1, -0.05) is 41.9 Å². The molecule has 7 nitrogen and oxygen atoms in total. The third-order valence-electron chi connectivity index (χ3n) is 5.41. The van der Waals surface area contributed by atoms with Gasteiger partial charge in [-0.15, -0.1) is 0 Å². The number of amides is 4. The number of benzene rings is 2. The third kappa shape index (κ3) is 3.90. The summed E-state index contributed by atoms with van der Waals surface area (Å²) in [4.78, 5) is 42.9. The van der Waals surface area contributed by atoms with Crippen LogP contribution in [0.5, 0.6) is 0 Å². The van der Waals surface area contributed by atoms with E-state index >= 15 is 0 Å². The SMILES string of the molecule is O=C1NC(=O)N(c2ccncc2)C(=O)/C1=C/c1cn(Cc2ccc(Cl)cc2)c2ccccc12. The number of fused-ring (bicyclic) bond motifs is 1. The van der Waals surface area contributed by atoms with Gasteiger partial charge in [0, 0.05) is 46.6 Å². The Hall–Kier alpha value is -4.23. The molecule has 1 N–H and O–H groups in total. The van der Waals surface area contributed by atoms with E-state index in [0.717, 1.165) is 21.4 Å². The van der Waals surface area contributed by atoms with Gasteiger partial charge in [0.25, 0.3) is 11.8 Å². The van der Waals surface area contributed by atoms with E-state index in [2.05, 4.69) is 10.3 Å². The fraction of sp³-hybridized carbons (Fsp3) is 0.0400. The Morgan fingerprint density at radius 3 is 2.42 bits per heavy atom. The fourth-order valence-corrected chi connectivity index (χ4v) is 3.97. The van der Waals surface area contributed by atoms with Gasteiger partial charge in [0.05, 0.1) is 5.69 Å². The van der Waals surface area contributed by atoms with Crippen molar-refractivity contribution in [3.63, 3.8) is 0 Å². The number of pyridine rings is 1. The van der Waals surface area contributed by atoms with E-state index in [1.54, 1.807) is 0 Å². The lowest BCUT2D eigenvalue weighted by molar-refractivity contribution is -0.122. The molecule has 0 bridgehead atoms. The van der Waals surface area contributed by atoms with Crippen LogP contribution in [-0.2, 0) is 16.1 Å². The molecule has 1 fully saturated rings. The second-order valence-electron chi connectivity index (χ2n) is 7.52. The number of barbiturate groups is 1. The minimum absolute atomic E-state index is 0.124. The summed E-state index contributed by atoms with van der Waals surface area (Å²) >= 11 is 6.00. The topological polar surface area (TPSA) is 84.3 Å². The molecule has 1 aliphatic rings. The standard InChI is InChI=1S/C25H17ClN4O3/c26-18-7-5-16(6-8-18)14-29-15-17(20-3-1-2-4-22(20)29)13-21-23(31)28-25(33)30(24(21)32)19-9-11-27-12-10-19/h1-13,15H,14H2,(H,28,31,33)/b21-13+. The quantitative estimate of drug-likeness (QED) is 0.364. The van der Waals surface area contributed by atoms with Crippen LogP contribution in [-0.4, -0.2) is 27.4 Å². The van der Waals surface area contributed by atoms with Crippen LogP contribution in [0, 0.1) is 0 Å². The molecular weight excluding hydrogens is 440 g/mol. The predicted octanol–water partition coefficient (Wildman–Crippen LogP) is 4.40. The molecule has 162 valence electrons. The molecular formula is C25H17ClN4O3. The highest BCUT2D eigenvalue weighted by Gasteiger charge is 2.37. The van der Waals surface area contributed by atoms with E-state index in [1.807, 2.05) is 59.3 Å². The van der Waals surface area contributed by atoms with Crippen molar-refractivity contribution in [2.75, 3.05) is 4.90 Å². The van der Waals surface area contributed by atoms with Gasteiger partial charge in [0.15, 0.2) is 0 Å². The van der Waals surface area contributed by atoms with E-state index in [9.17, 15) is 14.4 Å². The smallest absolute Gasteiger partial charge is 0.335 e. The normalized spacial score (nSPS) is 15.4. The number of hydrogen-bond acceptors (Lipinski definition) is 4. The fourth-order valence-electron chi connectivity index (χ4n) is 3.85. The molecule has 0 saturated carbocycles. The molecule has 1 aliphatic heterocycles. The number of carbonyl (C=O) groups excluding carboxylic acids is 3. The van der Waals surface area contributed by atoms with Gasteiger partial charge in [0.2, 0.25) is 0 Å². The summed E-state index contributed by atoms with van der Waals surface area (Å²) in [5, 5.41) is 3.79. The molecule has 0 aliphatic carbocycles. The number of nitrogens with zero attached hydrogens (tertiary/aromatic N) is 3. The summed E-state index contributed by atoms with van der Waals surface area (Å²) in [6.45, 7) is 0.586. The zero-order valence-electron chi connectivity index (χ0n) is 17.2. The Labute approximate surface area is 193 Å². The van der Waals surface area contributed by atoms with Crippen molar-refractivity contribution in [2.45, 2.75) is 6.54 Å². The van der Waals surface area contributed by atoms with Crippen molar-refractivity contribution in [2.24, 2.45) is 0 Å². The molecule has 0 radical (unpaired) electrons. The van der Waals surface area contributed by atoms with Gasteiger partial charge >= 0.3 is 6.03 Å². The third-order valence-corrected chi connectivity index (χ3v) is 5.66.